The number of nitrogens with one attached hydrogen (secondary N) is 1. The van der Waals surface area contributed by atoms with Crippen molar-refractivity contribution in [3.05, 3.63) is 21.9 Å². The number of esters is 1. The van der Waals surface area contributed by atoms with Crippen LogP contribution in [0.2, 0.25) is 0 Å². The predicted molar refractivity (Wildman–Crippen MR) is 71.2 cm³/mol. The van der Waals surface area contributed by atoms with Crippen LogP contribution in [0.15, 0.2) is 12.1 Å². The van der Waals surface area contributed by atoms with E-state index >= 15 is 0 Å². The van der Waals surface area contributed by atoms with Gasteiger partial charge in [-0.2, -0.15) is 0 Å². The van der Waals surface area contributed by atoms with Crippen LogP contribution in [0.5, 0.6) is 0 Å². The number of rotatable bonds is 4. The minimum absolute atomic E-state index is 0.203. The molecule has 1 aromatic rings. The molecular formula is C13H21NO2S. The van der Waals surface area contributed by atoms with Gasteiger partial charge in [-0.05, 0) is 46.8 Å². The van der Waals surface area contributed by atoms with Crippen LogP contribution < -0.4 is 5.32 Å². The molecule has 17 heavy (non-hydrogen) atoms. The fraction of sp³-hybridized carbons (Fsp3) is 0.615. The van der Waals surface area contributed by atoms with E-state index in [1.54, 1.807) is 11.3 Å². The molecule has 0 aliphatic rings. The SMILES string of the molecule is Cc1ccc(CNC(C)C(=O)OC(C)(C)C)s1. The highest BCUT2D eigenvalue weighted by atomic mass is 32.1. The number of hydrogen-bond acceptors (Lipinski definition) is 4. The first-order valence-corrected chi connectivity index (χ1v) is 6.61. The molecule has 1 rings (SSSR count). The molecule has 1 heterocycles. The van der Waals surface area contributed by atoms with Crippen molar-refractivity contribution in [3.8, 4) is 0 Å². The largest absolute Gasteiger partial charge is 0.459 e. The number of carbonyl (C=O) groups excluding carboxylic acids is 1. The second kappa shape index (κ2) is 5.65. The molecule has 3 nitrogen and oxygen atoms in total. The number of ether oxygens (including phenoxy) is 1. The Bertz CT molecular complexity index is 379. The summed E-state index contributed by atoms with van der Waals surface area (Å²) in [6, 6.07) is 3.88. The third-order valence-corrected chi connectivity index (χ3v) is 3.14. The molecule has 96 valence electrons. The van der Waals surface area contributed by atoms with Crippen LogP contribution in [0.3, 0.4) is 0 Å². The minimum Gasteiger partial charge on any atom is -0.459 e. The Hall–Kier alpha value is -0.870. The molecule has 0 fully saturated rings. The summed E-state index contributed by atoms with van der Waals surface area (Å²) in [5.74, 6) is -0.203. The Morgan fingerprint density at radius 1 is 1.47 bits per heavy atom. The highest BCUT2D eigenvalue weighted by molar-refractivity contribution is 7.11. The van der Waals surface area contributed by atoms with Gasteiger partial charge in [0.15, 0.2) is 0 Å². The third-order valence-electron chi connectivity index (χ3n) is 2.14. The second-order valence-electron chi connectivity index (χ2n) is 5.15. The lowest BCUT2D eigenvalue weighted by atomic mass is 10.2. The maximum atomic E-state index is 11.7. The maximum Gasteiger partial charge on any atom is 0.323 e. The summed E-state index contributed by atoms with van der Waals surface area (Å²) < 4.78 is 5.30. The monoisotopic (exact) mass is 255 g/mol. The molecule has 0 bridgehead atoms. The van der Waals surface area contributed by atoms with Crippen LogP contribution in [0.4, 0.5) is 0 Å². The van der Waals surface area contributed by atoms with Crippen molar-refractivity contribution < 1.29 is 9.53 Å². The summed E-state index contributed by atoms with van der Waals surface area (Å²) >= 11 is 1.74. The smallest absolute Gasteiger partial charge is 0.323 e. The fourth-order valence-electron chi connectivity index (χ4n) is 1.31. The molecule has 1 unspecified atom stereocenters. The third kappa shape index (κ3) is 5.33. The Morgan fingerprint density at radius 2 is 2.12 bits per heavy atom. The van der Waals surface area contributed by atoms with Gasteiger partial charge in [0.1, 0.15) is 11.6 Å². The van der Waals surface area contributed by atoms with Crippen molar-refractivity contribution in [2.45, 2.75) is 52.8 Å². The summed E-state index contributed by atoms with van der Waals surface area (Å²) in [6.45, 7) is 10.2. The lowest BCUT2D eigenvalue weighted by Gasteiger charge is -2.22. The Labute approximate surface area is 107 Å². The summed E-state index contributed by atoms with van der Waals surface area (Å²) in [4.78, 5) is 14.2. The fourth-order valence-corrected chi connectivity index (χ4v) is 2.15. The summed E-state index contributed by atoms with van der Waals surface area (Å²) in [5.41, 5.74) is -0.424. The highest BCUT2D eigenvalue weighted by Crippen LogP contribution is 2.15. The Balaban J connectivity index is 2.39. The summed E-state index contributed by atoms with van der Waals surface area (Å²) in [5, 5.41) is 3.17. The van der Waals surface area contributed by atoms with Crippen LogP contribution in [0, 0.1) is 6.92 Å². The quantitative estimate of drug-likeness (QED) is 0.841. The number of hydrogen-bond donors (Lipinski definition) is 1. The van der Waals surface area contributed by atoms with E-state index in [1.165, 1.54) is 9.75 Å². The van der Waals surface area contributed by atoms with Gasteiger partial charge in [-0.25, -0.2) is 0 Å². The van der Waals surface area contributed by atoms with Gasteiger partial charge in [0, 0.05) is 16.3 Å². The van der Waals surface area contributed by atoms with E-state index in [9.17, 15) is 4.79 Å². The highest BCUT2D eigenvalue weighted by Gasteiger charge is 2.21. The van der Waals surface area contributed by atoms with Gasteiger partial charge in [0.25, 0.3) is 0 Å². The van der Waals surface area contributed by atoms with Gasteiger partial charge in [0.05, 0.1) is 0 Å². The van der Waals surface area contributed by atoms with Crippen LogP contribution in [0.25, 0.3) is 0 Å². The van der Waals surface area contributed by atoms with E-state index in [4.69, 9.17) is 4.74 Å². The lowest BCUT2D eigenvalue weighted by Crippen LogP contribution is -2.38. The van der Waals surface area contributed by atoms with E-state index in [0.717, 1.165) is 0 Å². The zero-order valence-electron chi connectivity index (χ0n) is 11.2. The zero-order chi connectivity index (χ0) is 13.1. The molecule has 0 aromatic carbocycles. The molecule has 4 heteroatoms. The van der Waals surface area contributed by atoms with E-state index in [1.807, 2.05) is 27.7 Å². The topological polar surface area (TPSA) is 38.3 Å². The van der Waals surface area contributed by atoms with Crippen molar-refractivity contribution in [2.75, 3.05) is 0 Å². The van der Waals surface area contributed by atoms with Crippen LogP contribution in [-0.4, -0.2) is 17.6 Å². The molecular weight excluding hydrogens is 234 g/mol. The minimum atomic E-state index is -0.424. The molecule has 0 aliphatic carbocycles. The van der Waals surface area contributed by atoms with Gasteiger partial charge in [-0.15, -0.1) is 11.3 Å². The van der Waals surface area contributed by atoms with E-state index < -0.39 is 5.60 Å². The van der Waals surface area contributed by atoms with Gasteiger partial charge < -0.3 is 4.74 Å². The van der Waals surface area contributed by atoms with Crippen molar-refractivity contribution in [1.29, 1.82) is 0 Å². The molecule has 0 spiro atoms. The molecule has 1 N–H and O–H groups in total. The first-order chi connectivity index (χ1) is 7.78. The first-order valence-electron chi connectivity index (χ1n) is 5.79. The van der Waals surface area contributed by atoms with Gasteiger partial charge >= 0.3 is 5.97 Å². The molecule has 0 aliphatic heterocycles. The van der Waals surface area contributed by atoms with Crippen LogP contribution in [0.1, 0.15) is 37.4 Å². The standard InChI is InChI=1S/C13H21NO2S/c1-9-6-7-11(17-9)8-14-10(2)12(15)16-13(3,4)5/h6-7,10,14H,8H2,1-5H3. The van der Waals surface area contributed by atoms with Crippen LogP contribution >= 0.6 is 11.3 Å². The van der Waals surface area contributed by atoms with Crippen molar-refractivity contribution in [2.24, 2.45) is 0 Å². The van der Waals surface area contributed by atoms with Crippen LogP contribution in [-0.2, 0) is 16.1 Å². The Kier molecular flexibility index (Phi) is 4.71. The summed E-state index contributed by atoms with van der Waals surface area (Å²) in [7, 11) is 0. The molecule has 1 aromatic heterocycles. The Morgan fingerprint density at radius 3 is 2.59 bits per heavy atom. The first kappa shape index (κ1) is 14.2. The predicted octanol–water partition coefficient (Wildman–Crippen LogP) is 2.88. The molecule has 0 radical (unpaired) electrons. The number of thiophene rings is 1. The van der Waals surface area contributed by atoms with E-state index in [0.29, 0.717) is 6.54 Å². The number of carbonyl (C=O) groups is 1. The maximum absolute atomic E-state index is 11.7. The number of aryl methyl sites for hydroxylation is 1. The molecule has 0 saturated heterocycles. The second-order valence-corrected chi connectivity index (χ2v) is 6.52. The normalized spacial score (nSPS) is 13.5. The van der Waals surface area contributed by atoms with Gasteiger partial charge in [0.2, 0.25) is 0 Å². The zero-order valence-corrected chi connectivity index (χ0v) is 12.0. The van der Waals surface area contributed by atoms with E-state index in [2.05, 4.69) is 24.4 Å². The average Bonchev–Trinajstić information content (AvgIpc) is 2.58. The average molecular weight is 255 g/mol. The lowest BCUT2D eigenvalue weighted by molar-refractivity contribution is -0.157. The van der Waals surface area contributed by atoms with Gasteiger partial charge in [-0.1, -0.05) is 0 Å². The van der Waals surface area contributed by atoms with Crippen molar-refractivity contribution >= 4 is 17.3 Å². The molecule has 1 atom stereocenters. The molecule has 0 amide bonds. The van der Waals surface area contributed by atoms with E-state index in [-0.39, 0.29) is 12.0 Å². The van der Waals surface area contributed by atoms with Crippen molar-refractivity contribution in [1.82, 2.24) is 5.32 Å². The van der Waals surface area contributed by atoms with Crippen molar-refractivity contribution in [3.63, 3.8) is 0 Å². The summed E-state index contributed by atoms with van der Waals surface area (Å²) in [6.07, 6.45) is 0. The molecule has 0 saturated carbocycles. The van der Waals surface area contributed by atoms with Gasteiger partial charge in [-0.3, -0.25) is 10.1 Å².